The van der Waals surface area contributed by atoms with Crippen molar-refractivity contribution in [2.45, 2.75) is 19.9 Å². The van der Waals surface area contributed by atoms with Gasteiger partial charge in [-0.3, -0.25) is 19.6 Å². The van der Waals surface area contributed by atoms with Gasteiger partial charge in [0.25, 0.3) is 17.2 Å². The van der Waals surface area contributed by atoms with Gasteiger partial charge in [-0.25, -0.2) is 9.37 Å². The normalized spacial score (nSPS) is 10.8. The van der Waals surface area contributed by atoms with E-state index in [1.807, 2.05) is 30.3 Å². The molecule has 1 amide bonds. The van der Waals surface area contributed by atoms with E-state index >= 15 is 0 Å². The second-order valence-electron chi connectivity index (χ2n) is 8.53. The van der Waals surface area contributed by atoms with Crippen LogP contribution < -0.4 is 10.5 Å². The summed E-state index contributed by atoms with van der Waals surface area (Å²) < 4.78 is 14.7. The van der Waals surface area contributed by atoms with Crippen LogP contribution in [0.2, 0.25) is 0 Å². The number of halogens is 1. The lowest BCUT2D eigenvalue weighted by atomic mass is 10.1. The number of rotatable bonds is 6. The molecule has 0 saturated carbocycles. The molecule has 0 radical (unpaired) electrons. The fourth-order valence-corrected chi connectivity index (χ4v) is 4.03. The number of amides is 1. The Morgan fingerprint density at radius 2 is 1.70 bits per heavy atom. The fraction of sp³-hybridized carbons (Fsp3) is 0.107. The molecule has 2 aromatic heterocycles. The number of nitrogens with zero attached hydrogens (tertiary/aromatic N) is 5. The molecule has 0 aliphatic rings. The number of aromatic amines is 1. The zero-order chi connectivity index (χ0) is 25.9. The first-order valence-electron chi connectivity index (χ1n) is 11.5. The summed E-state index contributed by atoms with van der Waals surface area (Å²) >= 11 is 0. The Hall–Kier alpha value is -5.10. The number of benzene rings is 3. The molecule has 8 nitrogen and oxygen atoms in total. The number of hydrogen-bond acceptors (Lipinski definition) is 5. The molecule has 0 bridgehead atoms. The van der Waals surface area contributed by atoms with Gasteiger partial charge in [0.15, 0.2) is 0 Å². The molecule has 0 atom stereocenters. The fourth-order valence-electron chi connectivity index (χ4n) is 4.03. The van der Waals surface area contributed by atoms with Gasteiger partial charge in [0.1, 0.15) is 5.82 Å². The highest BCUT2D eigenvalue weighted by Crippen LogP contribution is 2.19. The molecule has 1 N–H and O–H groups in total. The number of aromatic nitrogens is 4. The molecule has 0 fully saturated rings. The summed E-state index contributed by atoms with van der Waals surface area (Å²) in [6, 6.07) is 23.6. The lowest BCUT2D eigenvalue weighted by Crippen LogP contribution is -2.31. The Morgan fingerprint density at radius 1 is 1.00 bits per heavy atom. The van der Waals surface area contributed by atoms with Gasteiger partial charge in [-0.05, 0) is 54.4 Å². The van der Waals surface area contributed by atoms with Crippen LogP contribution >= 0.6 is 0 Å². The van der Waals surface area contributed by atoms with E-state index in [4.69, 9.17) is 5.26 Å². The summed E-state index contributed by atoms with van der Waals surface area (Å²) in [4.78, 5) is 37.2. The van der Waals surface area contributed by atoms with Gasteiger partial charge in [-0.15, -0.1) is 0 Å². The zero-order valence-corrected chi connectivity index (χ0v) is 19.9. The van der Waals surface area contributed by atoms with Crippen molar-refractivity contribution < 1.29 is 9.18 Å². The minimum Gasteiger partial charge on any atom is -0.272 e. The Kier molecular flexibility index (Phi) is 6.31. The van der Waals surface area contributed by atoms with E-state index in [-0.39, 0.29) is 29.4 Å². The average molecular weight is 493 g/mol. The molecule has 0 aliphatic carbocycles. The van der Waals surface area contributed by atoms with Crippen LogP contribution in [-0.2, 0) is 13.0 Å². The topological polar surface area (TPSA) is 107 Å². The summed E-state index contributed by atoms with van der Waals surface area (Å²) in [6.07, 6.45) is 0.402. The van der Waals surface area contributed by atoms with Crippen molar-refractivity contribution in [1.82, 2.24) is 19.6 Å². The van der Waals surface area contributed by atoms with Crippen LogP contribution in [-0.4, -0.2) is 25.5 Å². The molecule has 0 saturated heterocycles. The Bertz CT molecular complexity index is 1680. The van der Waals surface area contributed by atoms with E-state index in [1.54, 1.807) is 31.2 Å². The van der Waals surface area contributed by atoms with E-state index in [9.17, 15) is 14.0 Å². The van der Waals surface area contributed by atoms with Crippen LogP contribution in [0.4, 0.5) is 10.3 Å². The molecule has 2 heterocycles. The Balaban J connectivity index is 1.57. The number of anilines is 1. The SMILES string of the molecule is Cc1nc2nc(N(Cc3ccc(C#N)cc3)C(=O)c3ccc(F)cc3)[nH]n2c(=O)c1Cc1ccccc1. The highest BCUT2D eigenvalue weighted by molar-refractivity contribution is 6.05. The number of aryl methyl sites for hydroxylation is 1. The van der Waals surface area contributed by atoms with Crippen LogP contribution in [0.15, 0.2) is 83.7 Å². The monoisotopic (exact) mass is 492 g/mol. The molecular weight excluding hydrogens is 471 g/mol. The van der Waals surface area contributed by atoms with Crippen LogP contribution in [0.1, 0.15) is 38.3 Å². The first kappa shape index (κ1) is 23.6. The number of carbonyl (C=O) groups excluding carboxylic acids is 1. The van der Waals surface area contributed by atoms with Crippen LogP contribution in [0.5, 0.6) is 0 Å². The van der Waals surface area contributed by atoms with Crippen LogP contribution in [0, 0.1) is 24.1 Å². The molecule has 5 aromatic rings. The molecule has 9 heteroatoms. The van der Waals surface area contributed by atoms with Gasteiger partial charge >= 0.3 is 0 Å². The predicted molar refractivity (Wildman–Crippen MR) is 136 cm³/mol. The summed E-state index contributed by atoms with van der Waals surface area (Å²) in [7, 11) is 0. The van der Waals surface area contributed by atoms with Crippen molar-refractivity contribution in [2.75, 3.05) is 4.90 Å². The van der Waals surface area contributed by atoms with Gasteiger partial charge in [0.2, 0.25) is 5.95 Å². The van der Waals surface area contributed by atoms with Crippen molar-refractivity contribution in [2.24, 2.45) is 0 Å². The van der Waals surface area contributed by atoms with Crippen molar-refractivity contribution in [3.05, 3.63) is 129 Å². The molecule has 5 rings (SSSR count). The van der Waals surface area contributed by atoms with Crippen molar-refractivity contribution in [3.8, 4) is 6.07 Å². The molecule has 3 aromatic carbocycles. The lowest BCUT2D eigenvalue weighted by molar-refractivity contribution is 0.0983. The van der Waals surface area contributed by atoms with E-state index < -0.39 is 11.7 Å². The lowest BCUT2D eigenvalue weighted by Gasteiger charge is -2.20. The molecule has 182 valence electrons. The second kappa shape index (κ2) is 9.87. The number of hydrogen-bond donors (Lipinski definition) is 1. The third kappa shape index (κ3) is 4.86. The van der Waals surface area contributed by atoms with E-state index in [0.717, 1.165) is 11.1 Å². The largest absolute Gasteiger partial charge is 0.277 e. The predicted octanol–water partition coefficient (Wildman–Crippen LogP) is 4.17. The Labute approximate surface area is 211 Å². The number of fused-ring (bicyclic) bond motifs is 1. The van der Waals surface area contributed by atoms with Crippen molar-refractivity contribution in [1.29, 1.82) is 5.26 Å². The second-order valence-corrected chi connectivity index (χ2v) is 8.53. The number of carbonyl (C=O) groups is 1. The maximum atomic E-state index is 13.5. The first-order valence-corrected chi connectivity index (χ1v) is 11.5. The molecular formula is C28H21FN6O2. The zero-order valence-electron chi connectivity index (χ0n) is 19.9. The first-order chi connectivity index (χ1) is 17.9. The minimum absolute atomic E-state index is 0.0896. The third-order valence-corrected chi connectivity index (χ3v) is 6.02. The number of nitriles is 1. The molecule has 0 spiro atoms. The number of nitrogens with one attached hydrogen (secondary N) is 1. The van der Waals surface area contributed by atoms with E-state index in [0.29, 0.717) is 23.2 Å². The van der Waals surface area contributed by atoms with E-state index in [1.165, 1.54) is 33.7 Å². The van der Waals surface area contributed by atoms with Gasteiger partial charge in [-0.2, -0.15) is 14.8 Å². The van der Waals surface area contributed by atoms with Gasteiger partial charge in [0.05, 0.1) is 23.9 Å². The maximum absolute atomic E-state index is 13.5. The minimum atomic E-state index is -0.462. The van der Waals surface area contributed by atoms with Crippen molar-refractivity contribution >= 4 is 17.6 Å². The molecule has 0 aliphatic heterocycles. The quantitative estimate of drug-likeness (QED) is 0.383. The van der Waals surface area contributed by atoms with Crippen LogP contribution in [0.3, 0.4) is 0 Å². The van der Waals surface area contributed by atoms with E-state index in [2.05, 4.69) is 21.1 Å². The molecule has 0 unspecified atom stereocenters. The summed E-state index contributed by atoms with van der Waals surface area (Å²) in [5, 5.41) is 12.0. The standard InChI is InChI=1S/C28H21FN6O2/c1-18-24(15-19-5-3-2-4-6-19)26(37)35-27(31-18)32-28(33-35)34(17-21-9-7-20(16-30)8-10-21)25(36)22-11-13-23(29)14-12-22/h2-14H,15,17H2,1H3,(H,31,32,33). The highest BCUT2D eigenvalue weighted by Gasteiger charge is 2.23. The number of H-pyrrole nitrogens is 1. The van der Waals surface area contributed by atoms with Gasteiger partial charge < -0.3 is 0 Å². The molecule has 37 heavy (non-hydrogen) atoms. The summed E-state index contributed by atoms with van der Waals surface area (Å²) in [5.74, 6) is -0.667. The summed E-state index contributed by atoms with van der Waals surface area (Å²) in [6.45, 7) is 1.85. The smallest absolute Gasteiger partial charge is 0.272 e. The average Bonchev–Trinajstić information content (AvgIpc) is 3.34. The summed E-state index contributed by atoms with van der Waals surface area (Å²) in [5.41, 5.74) is 3.20. The van der Waals surface area contributed by atoms with Gasteiger partial charge in [-0.1, -0.05) is 42.5 Å². The third-order valence-electron chi connectivity index (χ3n) is 6.02. The highest BCUT2D eigenvalue weighted by atomic mass is 19.1. The van der Waals surface area contributed by atoms with Gasteiger partial charge in [0, 0.05) is 17.5 Å². The van der Waals surface area contributed by atoms with Crippen LogP contribution in [0.25, 0.3) is 5.78 Å². The van der Waals surface area contributed by atoms with Crippen molar-refractivity contribution in [3.63, 3.8) is 0 Å². The maximum Gasteiger partial charge on any atom is 0.277 e. The Morgan fingerprint density at radius 3 is 2.38 bits per heavy atom.